The summed E-state index contributed by atoms with van der Waals surface area (Å²) in [6, 6.07) is 0.0300. The Morgan fingerprint density at radius 1 is 1.04 bits per heavy atom. The summed E-state index contributed by atoms with van der Waals surface area (Å²) < 4.78 is 0. The summed E-state index contributed by atoms with van der Waals surface area (Å²) in [7, 11) is 1.86. The number of anilines is 2. The molecule has 0 aliphatic carbocycles. The van der Waals surface area contributed by atoms with E-state index in [0.29, 0.717) is 11.6 Å². The predicted molar refractivity (Wildman–Crippen MR) is 115 cm³/mol. The third-order valence-electron chi connectivity index (χ3n) is 4.27. The van der Waals surface area contributed by atoms with Crippen molar-refractivity contribution in [2.45, 2.75) is 57.4 Å². The Hall–Kier alpha value is -2.20. The molecule has 1 unspecified atom stereocenters. The van der Waals surface area contributed by atoms with Gasteiger partial charge in [-0.3, -0.25) is 9.79 Å². The minimum absolute atomic E-state index is 0.0300. The highest BCUT2D eigenvalue weighted by molar-refractivity contribution is 7.15. The van der Waals surface area contributed by atoms with Crippen LogP contribution in [0.2, 0.25) is 0 Å². The zero-order valence-electron chi connectivity index (χ0n) is 15.9. The molecule has 0 radical (unpaired) electrons. The first-order valence-electron chi connectivity index (χ1n) is 9.53. The van der Waals surface area contributed by atoms with Crippen LogP contribution in [0.4, 0.5) is 10.3 Å². The number of dihydropyridines is 1. The molecule has 1 atom stereocenters. The molecule has 1 aliphatic heterocycles. The fraction of sp³-hybridized carbons (Fsp3) is 0.556. The highest BCUT2D eigenvalue weighted by atomic mass is 32.1. The van der Waals surface area contributed by atoms with Crippen molar-refractivity contribution in [2.24, 2.45) is 4.99 Å². The second-order valence-corrected chi connectivity index (χ2v) is 8.66. The average Bonchev–Trinajstić information content (AvgIpc) is 3.34. The lowest BCUT2D eigenvalue weighted by atomic mass is 10.1. The van der Waals surface area contributed by atoms with Crippen LogP contribution in [-0.2, 0) is 17.6 Å². The van der Waals surface area contributed by atoms with Crippen molar-refractivity contribution in [2.75, 3.05) is 17.7 Å². The van der Waals surface area contributed by atoms with Crippen molar-refractivity contribution in [3.8, 4) is 0 Å². The Balaban J connectivity index is 1.28. The topological polar surface area (TPSA) is 105 Å². The van der Waals surface area contributed by atoms with E-state index in [9.17, 15) is 4.79 Å². The molecule has 2 N–H and O–H groups in total. The number of carbonyl (C=O) groups is 1. The molecule has 3 heterocycles. The average molecular weight is 420 g/mol. The van der Waals surface area contributed by atoms with Crippen LogP contribution in [0.5, 0.6) is 0 Å². The quantitative estimate of drug-likeness (QED) is 0.540. The molecule has 2 aromatic rings. The zero-order valence-corrected chi connectivity index (χ0v) is 17.6. The fourth-order valence-electron chi connectivity index (χ4n) is 2.82. The number of nitrogens with zero attached hydrogens (tertiary/aromatic N) is 5. The van der Waals surface area contributed by atoms with Gasteiger partial charge in [-0.15, -0.1) is 20.4 Å². The van der Waals surface area contributed by atoms with Crippen LogP contribution in [0.25, 0.3) is 0 Å². The molecule has 2 aromatic heterocycles. The van der Waals surface area contributed by atoms with E-state index in [0.717, 1.165) is 60.1 Å². The Labute approximate surface area is 172 Å². The maximum Gasteiger partial charge on any atom is 0.228 e. The number of allylic oxidation sites excluding steroid dienone is 1. The summed E-state index contributed by atoms with van der Waals surface area (Å²) in [4.78, 5) is 16.4. The third kappa shape index (κ3) is 6.75. The van der Waals surface area contributed by atoms with Crippen LogP contribution in [0, 0.1) is 0 Å². The van der Waals surface area contributed by atoms with E-state index in [1.54, 1.807) is 17.6 Å². The number of unbranched alkanes of at least 4 members (excludes halogenated alkanes) is 3. The molecule has 3 rings (SSSR count). The molecule has 0 saturated carbocycles. The second-order valence-electron chi connectivity index (χ2n) is 6.53. The summed E-state index contributed by atoms with van der Waals surface area (Å²) in [5, 5.41) is 25.8. The van der Waals surface area contributed by atoms with E-state index < -0.39 is 0 Å². The molecule has 150 valence electrons. The van der Waals surface area contributed by atoms with Gasteiger partial charge in [0.1, 0.15) is 10.0 Å². The fourth-order valence-corrected chi connectivity index (χ4v) is 4.35. The summed E-state index contributed by atoms with van der Waals surface area (Å²) in [6.45, 7) is 0. The molecule has 0 aromatic carbocycles. The predicted octanol–water partition coefficient (Wildman–Crippen LogP) is 3.50. The normalized spacial score (nSPS) is 15.7. The van der Waals surface area contributed by atoms with Crippen molar-refractivity contribution in [1.29, 1.82) is 0 Å². The Bertz CT molecular complexity index is 814. The van der Waals surface area contributed by atoms with Crippen LogP contribution in [-0.4, -0.2) is 45.6 Å². The molecule has 10 heteroatoms. The van der Waals surface area contributed by atoms with Crippen LogP contribution in [0.1, 0.15) is 48.5 Å². The van der Waals surface area contributed by atoms with E-state index in [1.807, 2.05) is 19.2 Å². The van der Waals surface area contributed by atoms with Crippen LogP contribution in [0.15, 0.2) is 17.1 Å². The summed E-state index contributed by atoms with van der Waals surface area (Å²) >= 11 is 3.08. The van der Waals surface area contributed by atoms with E-state index in [2.05, 4.69) is 36.0 Å². The molecular formula is C18H25N7OS2. The summed E-state index contributed by atoms with van der Waals surface area (Å²) in [5.41, 5.74) is 0. The Kier molecular flexibility index (Phi) is 8.04. The zero-order chi connectivity index (χ0) is 19.6. The first-order valence-corrected chi connectivity index (χ1v) is 11.2. The lowest BCUT2D eigenvalue weighted by Crippen LogP contribution is -2.19. The number of hydrogen-bond acceptors (Lipinski definition) is 9. The van der Waals surface area contributed by atoms with Gasteiger partial charge in [-0.25, -0.2) is 0 Å². The van der Waals surface area contributed by atoms with E-state index in [-0.39, 0.29) is 11.9 Å². The van der Waals surface area contributed by atoms with E-state index >= 15 is 0 Å². The van der Waals surface area contributed by atoms with Gasteiger partial charge < -0.3 is 10.6 Å². The van der Waals surface area contributed by atoms with Gasteiger partial charge in [0, 0.05) is 32.5 Å². The maximum atomic E-state index is 12.1. The first kappa shape index (κ1) is 20.5. The maximum absolute atomic E-state index is 12.1. The lowest BCUT2D eigenvalue weighted by Gasteiger charge is -2.10. The van der Waals surface area contributed by atoms with Gasteiger partial charge >= 0.3 is 0 Å². The first-order chi connectivity index (χ1) is 13.7. The van der Waals surface area contributed by atoms with Crippen LogP contribution >= 0.6 is 22.7 Å². The van der Waals surface area contributed by atoms with Gasteiger partial charge in [-0.1, -0.05) is 41.6 Å². The number of aliphatic imine (C=N–C) groups is 1. The monoisotopic (exact) mass is 419 g/mol. The molecule has 0 spiro atoms. The van der Waals surface area contributed by atoms with Crippen molar-refractivity contribution in [3.63, 3.8) is 0 Å². The number of hydrogen-bond donors (Lipinski definition) is 2. The minimum atomic E-state index is -0.0572. The summed E-state index contributed by atoms with van der Waals surface area (Å²) in [5.74, 6) is -0.0572. The van der Waals surface area contributed by atoms with Gasteiger partial charge in [0.05, 0.1) is 6.04 Å². The highest BCUT2D eigenvalue weighted by Crippen LogP contribution is 2.20. The standard InChI is InChI=1S/C18H25N7OS2/c1-19-17-24-22-15(27-17)9-4-2-3-5-10-16-23-25-18(28-16)21-14(26)12-13-8-6-7-11-20-13/h6-7,11,13H,2-5,8-10,12H2,1H3,(H,19,24)(H,21,25,26). The third-order valence-corrected chi connectivity index (χ3v) is 6.17. The van der Waals surface area contributed by atoms with Gasteiger partial charge in [0.25, 0.3) is 0 Å². The smallest absolute Gasteiger partial charge is 0.228 e. The second kappa shape index (κ2) is 11.0. The number of amides is 1. The van der Waals surface area contributed by atoms with Gasteiger partial charge in [-0.2, -0.15) is 0 Å². The number of aromatic nitrogens is 4. The van der Waals surface area contributed by atoms with Crippen molar-refractivity contribution < 1.29 is 4.79 Å². The van der Waals surface area contributed by atoms with E-state index in [4.69, 9.17) is 0 Å². The highest BCUT2D eigenvalue weighted by Gasteiger charge is 2.14. The molecule has 8 nitrogen and oxygen atoms in total. The molecule has 0 bridgehead atoms. The number of rotatable bonds is 11. The van der Waals surface area contributed by atoms with Gasteiger partial charge in [0.2, 0.25) is 16.2 Å². The molecule has 0 fully saturated rings. The lowest BCUT2D eigenvalue weighted by molar-refractivity contribution is -0.116. The van der Waals surface area contributed by atoms with Crippen LogP contribution < -0.4 is 10.6 Å². The largest absolute Gasteiger partial charge is 0.363 e. The molecule has 0 saturated heterocycles. The summed E-state index contributed by atoms with van der Waals surface area (Å²) in [6.07, 6.45) is 13.2. The van der Waals surface area contributed by atoms with Gasteiger partial charge in [-0.05, 0) is 25.3 Å². The van der Waals surface area contributed by atoms with Crippen molar-refractivity contribution >= 4 is 45.1 Å². The molecule has 1 amide bonds. The van der Waals surface area contributed by atoms with E-state index in [1.165, 1.54) is 11.3 Å². The van der Waals surface area contributed by atoms with Gasteiger partial charge in [0.15, 0.2) is 0 Å². The minimum Gasteiger partial charge on any atom is -0.363 e. The molecular weight excluding hydrogens is 394 g/mol. The number of aryl methyl sites for hydroxylation is 2. The van der Waals surface area contributed by atoms with Crippen molar-refractivity contribution in [1.82, 2.24) is 20.4 Å². The Morgan fingerprint density at radius 2 is 1.71 bits per heavy atom. The Morgan fingerprint density at radius 3 is 2.32 bits per heavy atom. The molecule has 28 heavy (non-hydrogen) atoms. The SMILES string of the molecule is CNc1nnc(CCCCCCc2nnc(NC(=O)CC3CC=CC=N3)s2)s1. The van der Waals surface area contributed by atoms with Crippen LogP contribution in [0.3, 0.4) is 0 Å². The number of nitrogens with one attached hydrogen (secondary N) is 2. The molecule has 1 aliphatic rings. The van der Waals surface area contributed by atoms with Crippen molar-refractivity contribution in [3.05, 3.63) is 22.2 Å². The number of carbonyl (C=O) groups excluding carboxylic acids is 1.